The summed E-state index contributed by atoms with van der Waals surface area (Å²) < 4.78 is 11.5. The average Bonchev–Trinajstić information content (AvgIpc) is 2.77. The van der Waals surface area contributed by atoms with Crippen molar-refractivity contribution in [3.8, 4) is 0 Å². The molecule has 0 aliphatic rings. The Morgan fingerprint density at radius 3 is 1.74 bits per heavy atom. The molecule has 3 rings (SSSR count). The highest BCUT2D eigenvalue weighted by Gasteiger charge is 2.47. The fourth-order valence-corrected chi connectivity index (χ4v) is 4.65. The van der Waals surface area contributed by atoms with Crippen LogP contribution in [0.4, 0.5) is 0 Å². The van der Waals surface area contributed by atoms with Crippen LogP contribution in [0.5, 0.6) is 0 Å². The number of hydrogen-bond donors (Lipinski definition) is 0. The van der Waals surface area contributed by atoms with E-state index in [-0.39, 0.29) is 41.9 Å². The number of hydrogen-bond acceptors (Lipinski definition) is 4. The van der Waals surface area contributed by atoms with Gasteiger partial charge in [-0.05, 0) is 51.8 Å². The molecule has 3 aromatic rings. The first-order chi connectivity index (χ1) is 16.2. The molecule has 4 nitrogen and oxygen atoms in total. The van der Waals surface area contributed by atoms with Crippen molar-refractivity contribution in [3.63, 3.8) is 0 Å². The quantitative estimate of drug-likeness (QED) is 0.258. The predicted molar refractivity (Wildman–Crippen MR) is 143 cm³/mol. The van der Waals surface area contributed by atoms with Crippen LogP contribution < -0.4 is 0 Å². The van der Waals surface area contributed by atoms with Crippen molar-refractivity contribution < 1.29 is 19.1 Å². The summed E-state index contributed by atoms with van der Waals surface area (Å²) in [5, 5.41) is 3.75. The minimum atomic E-state index is -0.622. The zero-order valence-corrected chi connectivity index (χ0v) is 22.5. The van der Waals surface area contributed by atoms with Gasteiger partial charge < -0.3 is 9.47 Å². The Morgan fingerprint density at radius 1 is 0.771 bits per heavy atom. The summed E-state index contributed by atoms with van der Waals surface area (Å²) in [5.74, 6) is -0.676. The van der Waals surface area contributed by atoms with E-state index in [2.05, 4.69) is 47.6 Å². The molecule has 0 N–H and O–H groups in total. The van der Waals surface area contributed by atoms with Gasteiger partial charge >= 0.3 is 11.9 Å². The molecule has 0 saturated heterocycles. The van der Waals surface area contributed by atoms with Crippen LogP contribution >= 0.6 is 0 Å². The van der Waals surface area contributed by atoms with Crippen molar-refractivity contribution in [2.24, 2.45) is 22.2 Å². The average molecular weight is 477 g/mol. The van der Waals surface area contributed by atoms with E-state index in [4.69, 9.17) is 9.47 Å². The van der Waals surface area contributed by atoms with Gasteiger partial charge in [-0.1, -0.05) is 97.0 Å². The maximum absolute atomic E-state index is 13.2. The van der Waals surface area contributed by atoms with Crippen molar-refractivity contribution >= 4 is 33.5 Å². The highest BCUT2D eigenvalue weighted by molar-refractivity contribution is 6.16. The van der Waals surface area contributed by atoms with Gasteiger partial charge in [0.15, 0.2) is 0 Å². The topological polar surface area (TPSA) is 52.6 Å². The molecule has 188 valence electrons. The standard InChI is InChI=1S/C31H40O4/c1-21(19-35-28(33)31(8,30(5,6)7)20-29(2,3)4)18-34-27(32)26-24-15-11-9-13-22(24)17-23-14-10-12-16-25(23)26/h9-17,21H,18-20H2,1-8H3. The molecule has 3 aromatic carbocycles. The van der Waals surface area contributed by atoms with E-state index >= 15 is 0 Å². The fourth-order valence-electron chi connectivity index (χ4n) is 4.65. The largest absolute Gasteiger partial charge is 0.465 e. The molecule has 0 aromatic heterocycles. The molecule has 0 fully saturated rings. The van der Waals surface area contributed by atoms with E-state index in [1.54, 1.807) is 0 Å². The third kappa shape index (κ3) is 6.04. The van der Waals surface area contributed by atoms with Crippen molar-refractivity contribution in [2.45, 2.75) is 61.8 Å². The van der Waals surface area contributed by atoms with Crippen LogP contribution in [0.3, 0.4) is 0 Å². The maximum atomic E-state index is 13.2. The minimum Gasteiger partial charge on any atom is -0.465 e. The highest BCUT2D eigenvalue weighted by Crippen LogP contribution is 2.47. The molecule has 0 amide bonds. The first-order valence-corrected chi connectivity index (χ1v) is 12.5. The SMILES string of the molecule is CC(COC(=O)c1c2ccccc2cc2ccccc12)COC(=O)C(C)(CC(C)(C)C)C(C)(C)C. The van der Waals surface area contributed by atoms with Gasteiger partial charge in [0.2, 0.25) is 0 Å². The molecule has 0 spiro atoms. The predicted octanol–water partition coefficient (Wildman–Crippen LogP) is 7.82. The number of carbonyl (C=O) groups excluding carboxylic acids is 2. The normalized spacial score (nSPS) is 15.0. The third-order valence-electron chi connectivity index (χ3n) is 6.96. The molecule has 0 aliphatic carbocycles. The van der Waals surface area contributed by atoms with Crippen molar-refractivity contribution in [3.05, 3.63) is 60.2 Å². The maximum Gasteiger partial charge on any atom is 0.339 e. The summed E-state index contributed by atoms with van der Waals surface area (Å²) in [6.45, 7) is 17.0. The lowest BCUT2D eigenvalue weighted by molar-refractivity contribution is -0.166. The molecule has 4 heteroatoms. The van der Waals surface area contributed by atoms with Gasteiger partial charge in [-0.2, -0.15) is 0 Å². The molecule has 0 saturated carbocycles. The van der Waals surface area contributed by atoms with Crippen LogP contribution in [-0.2, 0) is 14.3 Å². The van der Waals surface area contributed by atoms with E-state index in [9.17, 15) is 9.59 Å². The van der Waals surface area contributed by atoms with E-state index in [0.717, 1.165) is 28.0 Å². The summed E-state index contributed by atoms with van der Waals surface area (Å²) in [6.07, 6.45) is 0.722. The zero-order valence-electron chi connectivity index (χ0n) is 22.5. The fraction of sp³-hybridized carbons (Fsp3) is 0.484. The number of esters is 2. The van der Waals surface area contributed by atoms with Gasteiger partial charge in [-0.15, -0.1) is 0 Å². The van der Waals surface area contributed by atoms with Crippen LogP contribution in [0, 0.1) is 22.2 Å². The van der Waals surface area contributed by atoms with Crippen molar-refractivity contribution in [1.82, 2.24) is 0 Å². The summed E-state index contributed by atoms with van der Waals surface area (Å²) in [6, 6.07) is 17.8. The first-order valence-electron chi connectivity index (χ1n) is 12.5. The second-order valence-electron chi connectivity index (χ2n) is 12.3. The molecule has 0 heterocycles. The number of rotatable bonds is 7. The summed E-state index contributed by atoms with van der Waals surface area (Å²) in [7, 11) is 0. The Balaban J connectivity index is 1.70. The molecule has 2 atom stereocenters. The highest BCUT2D eigenvalue weighted by atomic mass is 16.5. The van der Waals surface area contributed by atoms with Gasteiger partial charge in [-0.3, -0.25) is 4.79 Å². The van der Waals surface area contributed by atoms with E-state index in [1.807, 2.05) is 62.4 Å². The van der Waals surface area contributed by atoms with Crippen LogP contribution in [0.1, 0.15) is 72.2 Å². The number of carbonyl (C=O) groups is 2. The lowest BCUT2D eigenvalue weighted by atomic mass is 9.61. The van der Waals surface area contributed by atoms with Crippen LogP contribution in [0.15, 0.2) is 54.6 Å². The van der Waals surface area contributed by atoms with Crippen molar-refractivity contribution in [1.29, 1.82) is 0 Å². The van der Waals surface area contributed by atoms with E-state index < -0.39 is 5.41 Å². The molecule has 0 bridgehead atoms. The molecule has 0 radical (unpaired) electrons. The molecular formula is C31H40O4. The van der Waals surface area contributed by atoms with Crippen LogP contribution in [-0.4, -0.2) is 25.2 Å². The first kappa shape index (κ1) is 26.7. The summed E-state index contributed by atoms with van der Waals surface area (Å²) >= 11 is 0. The zero-order chi connectivity index (χ0) is 26.0. The Labute approximate surface area is 210 Å². The van der Waals surface area contributed by atoms with Gasteiger partial charge in [-0.25, -0.2) is 4.79 Å². The van der Waals surface area contributed by atoms with Crippen LogP contribution in [0.2, 0.25) is 0 Å². The second-order valence-corrected chi connectivity index (χ2v) is 12.3. The van der Waals surface area contributed by atoms with Gasteiger partial charge in [0, 0.05) is 5.92 Å². The minimum absolute atomic E-state index is 0.0105. The number of benzene rings is 3. The van der Waals surface area contributed by atoms with Crippen molar-refractivity contribution in [2.75, 3.05) is 13.2 Å². The molecule has 0 aliphatic heterocycles. The van der Waals surface area contributed by atoms with E-state index in [0.29, 0.717) is 5.56 Å². The van der Waals surface area contributed by atoms with Gasteiger partial charge in [0.25, 0.3) is 0 Å². The lowest BCUT2D eigenvalue weighted by Gasteiger charge is -2.43. The monoisotopic (exact) mass is 476 g/mol. The Kier molecular flexibility index (Phi) is 7.64. The Hall–Kier alpha value is -2.88. The number of fused-ring (bicyclic) bond motifs is 2. The Morgan fingerprint density at radius 2 is 1.26 bits per heavy atom. The van der Waals surface area contributed by atoms with Crippen LogP contribution in [0.25, 0.3) is 21.5 Å². The lowest BCUT2D eigenvalue weighted by Crippen LogP contribution is -2.44. The molecule has 2 unspecified atom stereocenters. The van der Waals surface area contributed by atoms with E-state index in [1.165, 1.54) is 0 Å². The summed E-state index contributed by atoms with van der Waals surface area (Å²) in [4.78, 5) is 26.4. The third-order valence-corrected chi connectivity index (χ3v) is 6.96. The molecule has 35 heavy (non-hydrogen) atoms. The second kappa shape index (κ2) is 10.0. The van der Waals surface area contributed by atoms with Gasteiger partial charge in [0.1, 0.15) is 0 Å². The number of ether oxygens (including phenoxy) is 2. The van der Waals surface area contributed by atoms with Gasteiger partial charge in [0.05, 0.1) is 24.2 Å². The molecular weight excluding hydrogens is 436 g/mol. The summed E-state index contributed by atoms with van der Waals surface area (Å²) in [5.41, 5.74) is -0.302. The Bertz CT molecular complexity index is 1160. The smallest absolute Gasteiger partial charge is 0.339 e.